The highest BCUT2D eigenvalue weighted by molar-refractivity contribution is 8.18. The van der Waals surface area contributed by atoms with E-state index in [1.165, 1.54) is 12.1 Å². The number of nitro benzene ring substituents is 1. The van der Waals surface area contributed by atoms with Gasteiger partial charge in [-0.25, -0.2) is 0 Å². The average molecular weight is 459 g/mol. The molecule has 0 aromatic heterocycles. The van der Waals surface area contributed by atoms with Crippen molar-refractivity contribution in [1.82, 2.24) is 5.32 Å². The molecule has 3 aromatic rings. The van der Waals surface area contributed by atoms with Gasteiger partial charge in [-0.05, 0) is 53.2 Å². The highest BCUT2D eigenvalue weighted by atomic mass is 32.2. The number of carbonyl (C=O) groups excluding carboxylic acids is 2. The second-order valence-electron chi connectivity index (χ2n) is 6.94. The molecule has 9 heteroatoms. The summed E-state index contributed by atoms with van der Waals surface area (Å²) in [5.74, 6) is -0.168. The third-order valence-corrected chi connectivity index (χ3v) is 5.49. The van der Waals surface area contributed by atoms with Gasteiger partial charge < -0.3 is 10.1 Å². The summed E-state index contributed by atoms with van der Waals surface area (Å²) in [6.45, 7) is 0.190. The average Bonchev–Trinajstić information content (AvgIpc) is 3.17. The fourth-order valence-electron chi connectivity index (χ4n) is 2.96. The van der Waals surface area contributed by atoms with Gasteiger partial charge in [0, 0.05) is 17.7 Å². The summed E-state index contributed by atoms with van der Waals surface area (Å²) in [6, 6.07) is 21.9. The number of carbonyl (C=O) groups is 2. The van der Waals surface area contributed by atoms with Gasteiger partial charge in [0.15, 0.2) is 5.17 Å². The van der Waals surface area contributed by atoms with Crippen molar-refractivity contribution in [3.63, 3.8) is 0 Å². The largest absolute Gasteiger partial charge is 0.489 e. The highest BCUT2D eigenvalue weighted by Gasteiger charge is 2.24. The third-order valence-electron chi connectivity index (χ3n) is 4.58. The number of hydrogen-bond donors (Lipinski definition) is 1. The molecule has 0 bridgehead atoms. The van der Waals surface area contributed by atoms with Gasteiger partial charge in [0.1, 0.15) is 12.4 Å². The van der Waals surface area contributed by atoms with E-state index in [2.05, 4.69) is 10.3 Å². The van der Waals surface area contributed by atoms with Crippen LogP contribution in [0.2, 0.25) is 0 Å². The molecular weight excluding hydrogens is 442 g/mol. The monoisotopic (exact) mass is 459 g/mol. The summed E-state index contributed by atoms with van der Waals surface area (Å²) in [5.41, 5.74) is 1.91. The van der Waals surface area contributed by atoms with E-state index in [-0.39, 0.29) is 23.4 Å². The number of benzene rings is 3. The molecule has 0 saturated carbocycles. The van der Waals surface area contributed by atoms with Crippen LogP contribution in [0.1, 0.15) is 21.5 Å². The molecular formula is C24H17N3O5S. The van der Waals surface area contributed by atoms with Crippen molar-refractivity contribution in [3.8, 4) is 5.75 Å². The van der Waals surface area contributed by atoms with E-state index in [4.69, 9.17) is 4.74 Å². The summed E-state index contributed by atoms with van der Waals surface area (Å²) < 4.78 is 5.69. The maximum atomic E-state index is 12.2. The zero-order valence-electron chi connectivity index (χ0n) is 17.1. The van der Waals surface area contributed by atoms with E-state index < -0.39 is 10.8 Å². The van der Waals surface area contributed by atoms with Crippen molar-refractivity contribution < 1.29 is 19.2 Å². The van der Waals surface area contributed by atoms with E-state index in [1.54, 1.807) is 72.8 Å². The maximum Gasteiger partial charge on any atom is 0.279 e. The first kappa shape index (κ1) is 22.0. The number of amidine groups is 1. The Morgan fingerprint density at radius 2 is 1.82 bits per heavy atom. The molecule has 1 fully saturated rings. The number of nitrogens with zero attached hydrogens (tertiary/aromatic N) is 2. The summed E-state index contributed by atoms with van der Waals surface area (Å²) in [6.07, 6.45) is 1.69. The quantitative estimate of drug-likeness (QED) is 0.328. The Labute approximate surface area is 193 Å². The molecule has 1 aliphatic heterocycles. The predicted octanol–water partition coefficient (Wildman–Crippen LogP) is 4.57. The van der Waals surface area contributed by atoms with E-state index >= 15 is 0 Å². The van der Waals surface area contributed by atoms with E-state index in [1.807, 2.05) is 0 Å². The minimum atomic E-state index is -0.448. The van der Waals surface area contributed by atoms with Crippen molar-refractivity contribution in [2.45, 2.75) is 6.61 Å². The van der Waals surface area contributed by atoms with Gasteiger partial charge in [-0.1, -0.05) is 42.5 Å². The van der Waals surface area contributed by atoms with Crippen molar-refractivity contribution in [1.29, 1.82) is 0 Å². The van der Waals surface area contributed by atoms with E-state index in [0.717, 1.165) is 17.3 Å². The number of nitro groups is 1. The Morgan fingerprint density at radius 1 is 1.06 bits per heavy atom. The van der Waals surface area contributed by atoms with Crippen LogP contribution in [-0.4, -0.2) is 21.9 Å². The fourth-order valence-corrected chi connectivity index (χ4v) is 3.78. The number of thioether (sulfide) groups is 1. The maximum absolute atomic E-state index is 12.2. The number of non-ortho nitro benzene ring substituents is 1. The minimum Gasteiger partial charge on any atom is -0.489 e. The van der Waals surface area contributed by atoms with Crippen LogP contribution >= 0.6 is 11.8 Å². The van der Waals surface area contributed by atoms with Crippen LogP contribution in [0.3, 0.4) is 0 Å². The van der Waals surface area contributed by atoms with Crippen molar-refractivity contribution in [3.05, 3.63) is 111 Å². The third kappa shape index (κ3) is 5.72. The van der Waals surface area contributed by atoms with Crippen LogP contribution in [0.4, 0.5) is 5.69 Å². The molecule has 3 aromatic carbocycles. The fraction of sp³-hybridized carbons (Fsp3) is 0.0417. The zero-order chi connectivity index (χ0) is 23.2. The van der Waals surface area contributed by atoms with Gasteiger partial charge in [-0.3, -0.25) is 19.7 Å². The molecule has 0 aliphatic carbocycles. The first-order chi connectivity index (χ1) is 16.0. The second kappa shape index (κ2) is 9.92. The minimum absolute atomic E-state index is 0.0128. The van der Waals surface area contributed by atoms with Crippen molar-refractivity contribution >= 4 is 40.5 Å². The van der Waals surface area contributed by atoms with Crippen molar-refractivity contribution in [2.75, 3.05) is 0 Å². The molecule has 1 heterocycles. The first-order valence-electron chi connectivity index (χ1n) is 9.83. The number of hydrogen-bond acceptors (Lipinski definition) is 6. The Kier molecular flexibility index (Phi) is 6.61. The molecule has 1 aliphatic rings. The lowest BCUT2D eigenvalue weighted by Crippen LogP contribution is -2.20. The number of ether oxygens (including phenoxy) is 1. The van der Waals surface area contributed by atoms with Gasteiger partial charge in [0.05, 0.1) is 9.83 Å². The zero-order valence-corrected chi connectivity index (χ0v) is 18.0. The summed E-state index contributed by atoms with van der Waals surface area (Å²) in [5, 5.41) is 13.7. The van der Waals surface area contributed by atoms with Gasteiger partial charge in [0.2, 0.25) is 0 Å². The lowest BCUT2D eigenvalue weighted by molar-refractivity contribution is -0.384. The second-order valence-corrected chi connectivity index (χ2v) is 7.97. The van der Waals surface area contributed by atoms with Gasteiger partial charge in [-0.15, -0.1) is 0 Å². The van der Waals surface area contributed by atoms with Crippen LogP contribution in [-0.2, 0) is 11.4 Å². The highest BCUT2D eigenvalue weighted by Crippen LogP contribution is 2.27. The van der Waals surface area contributed by atoms with Gasteiger partial charge >= 0.3 is 0 Å². The Hall–Kier alpha value is -4.24. The van der Waals surface area contributed by atoms with Crippen LogP contribution in [0.5, 0.6) is 5.75 Å². The molecule has 0 radical (unpaired) electrons. The van der Waals surface area contributed by atoms with Gasteiger partial charge in [-0.2, -0.15) is 4.99 Å². The Morgan fingerprint density at radius 3 is 2.55 bits per heavy atom. The summed E-state index contributed by atoms with van der Waals surface area (Å²) in [7, 11) is 0. The number of aliphatic imine (C=N–C) groups is 1. The topological polar surface area (TPSA) is 111 Å². The normalized spacial score (nSPS) is 15.5. The van der Waals surface area contributed by atoms with E-state index in [9.17, 15) is 19.7 Å². The molecule has 33 heavy (non-hydrogen) atoms. The SMILES string of the molecule is O=C1NC(=NC(=O)c2ccccc2)S/C1=C\c1ccc(OCc2cccc([N+](=O)[O-])c2)cc1. The molecule has 1 N–H and O–H groups in total. The van der Waals surface area contributed by atoms with Crippen LogP contribution in [0, 0.1) is 10.1 Å². The molecule has 4 rings (SSSR count). The lowest BCUT2D eigenvalue weighted by atomic mass is 10.2. The Balaban J connectivity index is 1.39. The number of rotatable bonds is 6. The summed E-state index contributed by atoms with van der Waals surface area (Å²) >= 11 is 1.10. The number of nitrogens with one attached hydrogen (secondary N) is 1. The molecule has 164 valence electrons. The molecule has 0 atom stereocenters. The smallest absolute Gasteiger partial charge is 0.279 e. The van der Waals surface area contributed by atoms with Gasteiger partial charge in [0.25, 0.3) is 17.5 Å². The molecule has 2 amide bonds. The molecule has 8 nitrogen and oxygen atoms in total. The van der Waals surface area contributed by atoms with Crippen molar-refractivity contribution in [2.24, 2.45) is 4.99 Å². The number of amides is 2. The van der Waals surface area contributed by atoms with E-state index in [0.29, 0.717) is 21.8 Å². The van der Waals surface area contributed by atoms with Crippen LogP contribution in [0.25, 0.3) is 6.08 Å². The lowest BCUT2D eigenvalue weighted by Gasteiger charge is -2.06. The molecule has 0 unspecified atom stereocenters. The molecule has 1 saturated heterocycles. The van der Waals surface area contributed by atoms with Crippen LogP contribution in [0.15, 0.2) is 88.8 Å². The van der Waals surface area contributed by atoms with Crippen LogP contribution < -0.4 is 10.1 Å². The predicted molar refractivity (Wildman–Crippen MR) is 126 cm³/mol. The Bertz CT molecular complexity index is 1270. The summed E-state index contributed by atoms with van der Waals surface area (Å²) in [4.78, 5) is 39.3. The molecule has 0 spiro atoms. The first-order valence-corrected chi connectivity index (χ1v) is 10.6. The standard InChI is InChI=1S/C24H17N3O5S/c28-22(18-6-2-1-3-7-18)25-24-26-23(29)21(33-24)14-16-9-11-20(12-10-16)32-15-17-5-4-8-19(13-17)27(30)31/h1-14H,15H2,(H,25,26,28,29)/b21-14-.